The fraction of sp³-hybridized carbons (Fsp3) is 0.250. The van der Waals surface area contributed by atoms with Gasteiger partial charge in [0.1, 0.15) is 40.5 Å². The molecule has 0 bridgehead atoms. The lowest BCUT2D eigenvalue weighted by molar-refractivity contribution is 0.0530. The Labute approximate surface area is 267 Å². The van der Waals surface area contributed by atoms with Crippen LogP contribution in [0.1, 0.15) is 56.5 Å². The molecule has 1 fully saturated rings. The van der Waals surface area contributed by atoms with Crippen LogP contribution in [-0.4, -0.2) is 61.5 Å². The van der Waals surface area contributed by atoms with Gasteiger partial charge >= 0.3 is 12.1 Å². The Bertz CT molecular complexity index is 1910. The molecule has 1 aliphatic rings. The maximum absolute atomic E-state index is 14.8. The Kier molecular flexibility index (Phi) is 8.61. The summed E-state index contributed by atoms with van der Waals surface area (Å²) in [5, 5.41) is 2.99. The van der Waals surface area contributed by atoms with E-state index in [9.17, 15) is 18.8 Å². The molecule has 12 nitrogen and oxygen atoms in total. The van der Waals surface area contributed by atoms with E-state index < -0.39 is 30.2 Å². The number of halogens is 1. The van der Waals surface area contributed by atoms with E-state index in [1.54, 1.807) is 48.7 Å². The first-order valence-corrected chi connectivity index (χ1v) is 15.3. The third-order valence-electron chi connectivity index (χ3n) is 7.50. The number of benzene rings is 2. The number of ether oxygens (including phenoxy) is 2. The van der Waals surface area contributed by atoms with Crippen LogP contribution >= 0.6 is 11.3 Å². The molecular weight excluding hydrogens is 613 g/mol. The third-order valence-corrected chi connectivity index (χ3v) is 8.55. The number of fused-ring (bicyclic) bond motifs is 1. The highest BCUT2D eigenvalue weighted by Crippen LogP contribution is 2.38. The van der Waals surface area contributed by atoms with Crippen molar-refractivity contribution in [1.29, 1.82) is 0 Å². The number of nitrogens with two attached hydrogens (primary N) is 1. The molecule has 0 radical (unpaired) electrons. The van der Waals surface area contributed by atoms with Gasteiger partial charge in [-0.15, -0.1) is 0 Å². The van der Waals surface area contributed by atoms with Gasteiger partial charge in [-0.3, -0.25) is 19.4 Å². The minimum absolute atomic E-state index is 0.0361. The quantitative estimate of drug-likeness (QED) is 0.206. The molecule has 1 aliphatic heterocycles. The summed E-state index contributed by atoms with van der Waals surface area (Å²) in [6.07, 6.45) is 1.30. The lowest BCUT2D eigenvalue weighted by Crippen LogP contribution is -2.32. The predicted octanol–water partition coefficient (Wildman–Crippen LogP) is 5.59. The summed E-state index contributed by atoms with van der Waals surface area (Å²) < 4.78 is 27.1. The van der Waals surface area contributed by atoms with Gasteiger partial charge in [0.15, 0.2) is 5.13 Å². The predicted molar refractivity (Wildman–Crippen MR) is 169 cm³/mol. The molecule has 4 heterocycles. The number of nitrogens with zero attached hydrogens (tertiary/aromatic N) is 5. The number of carbonyl (C=O) groups excluding carboxylic acids is 3. The summed E-state index contributed by atoms with van der Waals surface area (Å²) in [6, 6.07) is 15.2. The summed E-state index contributed by atoms with van der Waals surface area (Å²) >= 11 is 1.04. The molecule has 14 heteroatoms. The first-order valence-electron chi connectivity index (χ1n) is 14.5. The van der Waals surface area contributed by atoms with E-state index in [0.29, 0.717) is 38.7 Å². The van der Waals surface area contributed by atoms with E-state index in [4.69, 9.17) is 20.2 Å². The van der Waals surface area contributed by atoms with E-state index in [-0.39, 0.29) is 37.1 Å². The summed E-state index contributed by atoms with van der Waals surface area (Å²) in [6.45, 7) is 3.54. The van der Waals surface area contributed by atoms with Crippen molar-refractivity contribution in [3.63, 3.8) is 0 Å². The molecule has 0 unspecified atom stereocenters. The van der Waals surface area contributed by atoms with Crippen molar-refractivity contribution in [2.75, 3.05) is 24.2 Å². The topological polar surface area (TPSA) is 154 Å². The zero-order valence-corrected chi connectivity index (χ0v) is 25.8. The summed E-state index contributed by atoms with van der Waals surface area (Å²) in [5.74, 6) is -0.302. The number of esters is 1. The van der Waals surface area contributed by atoms with Crippen LogP contribution in [0, 0.1) is 6.92 Å². The van der Waals surface area contributed by atoms with Gasteiger partial charge in [0.25, 0.3) is 5.91 Å². The minimum Gasteiger partial charge on any atom is -0.462 e. The Morgan fingerprint density at radius 3 is 2.59 bits per heavy atom. The average Bonchev–Trinajstić information content (AvgIpc) is 3.75. The number of aryl methyl sites for hydroxylation is 1. The highest BCUT2D eigenvalue weighted by molar-refractivity contribution is 7.17. The van der Waals surface area contributed by atoms with Gasteiger partial charge < -0.3 is 15.2 Å². The summed E-state index contributed by atoms with van der Waals surface area (Å²) in [5.41, 5.74) is 9.50. The second kappa shape index (κ2) is 12.9. The van der Waals surface area contributed by atoms with Crippen molar-refractivity contribution in [2.45, 2.75) is 39.1 Å². The van der Waals surface area contributed by atoms with Crippen molar-refractivity contribution >= 4 is 45.8 Å². The fourth-order valence-electron chi connectivity index (χ4n) is 5.34. The van der Waals surface area contributed by atoms with Gasteiger partial charge in [-0.05, 0) is 31.5 Å². The van der Waals surface area contributed by atoms with Crippen LogP contribution in [0.3, 0.4) is 0 Å². The number of carbonyl (C=O) groups is 3. The van der Waals surface area contributed by atoms with E-state index in [0.717, 1.165) is 16.9 Å². The molecule has 2 amide bonds. The first kappa shape index (κ1) is 30.6. The molecular formula is C32H30FN7O5S. The number of likely N-dealkylation sites (tertiary alicyclic amines) is 1. The number of hydrogen-bond donors (Lipinski definition) is 2. The maximum atomic E-state index is 14.8. The van der Waals surface area contributed by atoms with Crippen molar-refractivity contribution in [3.8, 4) is 11.3 Å². The van der Waals surface area contributed by atoms with Gasteiger partial charge in [0, 0.05) is 29.9 Å². The average molecular weight is 644 g/mol. The van der Waals surface area contributed by atoms with Crippen molar-refractivity contribution in [1.82, 2.24) is 24.3 Å². The second-order valence-corrected chi connectivity index (χ2v) is 11.6. The highest BCUT2D eigenvalue weighted by atomic mass is 32.1. The normalized spacial score (nSPS) is 16.0. The highest BCUT2D eigenvalue weighted by Gasteiger charge is 2.40. The van der Waals surface area contributed by atoms with E-state index in [2.05, 4.69) is 15.3 Å². The van der Waals surface area contributed by atoms with Crippen LogP contribution in [0.2, 0.25) is 0 Å². The monoisotopic (exact) mass is 643 g/mol. The molecule has 0 saturated carbocycles. The van der Waals surface area contributed by atoms with Gasteiger partial charge in [-0.1, -0.05) is 53.8 Å². The Hall–Kier alpha value is -5.37. The van der Waals surface area contributed by atoms with Crippen LogP contribution in [0.5, 0.6) is 0 Å². The molecule has 1 saturated heterocycles. The van der Waals surface area contributed by atoms with Gasteiger partial charge in [0.05, 0.1) is 24.9 Å². The Balaban J connectivity index is 1.25. The number of nitrogens with one attached hydrogen (secondary N) is 1. The van der Waals surface area contributed by atoms with Gasteiger partial charge in [0.2, 0.25) is 0 Å². The molecule has 2 aromatic carbocycles. The van der Waals surface area contributed by atoms with Crippen LogP contribution in [-0.2, 0) is 16.1 Å². The minimum atomic E-state index is -1.27. The number of amides is 2. The molecule has 3 aromatic heterocycles. The second-order valence-electron chi connectivity index (χ2n) is 10.6. The third kappa shape index (κ3) is 6.11. The lowest BCUT2D eigenvalue weighted by atomic mass is 10.1. The van der Waals surface area contributed by atoms with Crippen LogP contribution in [0.25, 0.3) is 16.8 Å². The molecule has 0 spiro atoms. The smallest absolute Gasteiger partial charge is 0.410 e. The number of aromatic nitrogens is 4. The molecule has 46 heavy (non-hydrogen) atoms. The number of thiazole rings is 1. The number of hydrogen-bond acceptors (Lipinski definition) is 10. The van der Waals surface area contributed by atoms with Crippen molar-refractivity contribution in [2.24, 2.45) is 0 Å². The van der Waals surface area contributed by atoms with Crippen LogP contribution < -0.4 is 11.1 Å². The number of anilines is 2. The Morgan fingerprint density at radius 2 is 1.85 bits per heavy atom. The zero-order chi connectivity index (χ0) is 32.4. The van der Waals surface area contributed by atoms with Crippen molar-refractivity contribution in [3.05, 3.63) is 94.5 Å². The van der Waals surface area contributed by atoms with E-state index >= 15 is 0 Å². The van der Waals surface area contributed by atoms with Crippen molar-refractivity contribution < 1.29 is 28.2 Å². The molecule has 6 rings (SSSR count). The maximum Gasteiger partial charge on any atom is 0.410 e. The molecule has 2 atom stereocenters. The van der Waals surface area contributed by atoms with Crippen LogP contribution in [0.4, 0.5) is 20.1 Å². The number of alkyl halides is 1. The fourth-order valence-corrected chi connectivity index (χ4v) is 6.20. The number of nitrogen functional groups attached to an aromatic ring is 1. The lowest BCUT2D eigenvalue weighted by Gasteiger charge is -2.23. The van der Waals surface area contributed by atoms with E-state index in [1.165, 1.54) is 11.1 Å². The number of imidazole rings is 1. The molecule has 0 aliphatic carbocycles. The molecule has 236 valence electrons. The first-order chi connectivity index (χ1) is 22.2. The molecule has 3 N–H and O–H groups in total. The molecule has 5 aromatic rings. The SMILES string of the molecule is CCOC(=O)c1sc(NC(=O)c2ccc(-c3nc([C@@H]4C[C@H](F)CN4C(=O)OCc4ccccc4)n4ccnc(N)c34)cc2)nc1C. The van der Waals surface area contributed by atoms with E-state index in [1.807, 2.05) is 30.3 Å². The van der Waals surface area contributed by atoms with Gasteiger partial charge in [-0.2, -0.15) is 0 Å². The van der Waals surface area contributed by atoms with Crippen LogP contribution in [0.15, 0.2) is 67.0 Å². The number of rotatable bonds is 8. The van der Waals surface area contributed by atoms with Gasteiger partial charge in [-0.25, -0.2) is 28.9 Å². The largest absolute Gasteiger partial charge is 0.462 e. The Morgan fingerprint density at radius 1 is 1.09 bits per heavy atom. The summed E-state index contributed by atoms with van der Waals surface area (Å²) in [7, 11) is 0. The summed E-state index contributed by atoms with van der Waals surface area (Å²) in [4.78, 5) is 53.3. The zero-order valence-electron chi connectivity index (χ0n) is 25.0. The standard InChI is InChI=1S/C32H30FN7O5S/c1-3-44-30(42)26-18(2)36-31(46-26)38-29(41)21-11-9-20(10-12-21)24-25-27(34)35-13-14-39(25)28(37-24)23-15-22(33)16-40(23)32(43)45-17-19-7-5-4-6-8-19/h4-14,22-23H,3,15-17H2,1-2H3,(H2,34,35)(H,36,38,41)/t22-,23-/m0/s1.